The minimum atomic E-state index is -0.590. The molecule has 0 aromatic heterocycles. The van der Waals surface area contributed by atoms with Gasteiger partial charge in [0.2, 0.25) is 17.4 Å². The highest BCUT2D eigenvalue weighted by Gasteiger charge is 2.21. The van der Waals surface area contributed by atoms with Crippen LogP contribution in [0.15, 0.2) is 42.5 Å². The van der Waals surface area contributed by atoms with Gasteiger partial charge in [-0.15, -0.1) is 0 Å². The molecule has 0 aliphatic carbocycles. The number of anilines is 1. The van der Waals surface area contributed by atoms with Gasteiger partial charge < -0.3 is 38.5 Å². The van der Waals surface area contributed by atoms with Crippen molar-refractivity contribution in [1.29, 1.82) is 0 Å². The SMILES string of the molecule is COc1cc(/C=C/c2cc(OC)c(OC)c(OC)c2)cc(NC(=O)/C=C/c2cc(OC)c(OC)c([N+](=O)[O-])c2)c1OC. The molecule has 3 rings (SSSR count). The lowest BCUT2D eigenvalue weighted by Gasteiger charge is -2.15. The Morgan fingerprint density at radius 2 is 1.05 bits per heavy atom. The van der Waals surface area contributed by atoms with Gasteiger partial charge in [-0.3, -0.25) is 14.9 Å². The highest BCUT2D eigenvalue weighted by atomic mass is 16.6. The third kappa shape index (κ3) is 7.02. The molecule has 0 unspecified atom stereocenters. The van der Waals surface area contributed by atoms with Gasteiger partial charge in [-0.1, -0.05) is 12.2 Å². The quantitative estimate of drug-likeness (QED) is 0.120. The van der Waals surface area contributed by atoms with Crippen LogP contribution in [0.1, 0.15) is 16.7 Å². The summed E-state index contributed by atoms with van der Waals surface area (Å²) in [5, 5.41) is 14.3. The van der Waals surface area contributed by atoms with Gasteiger partial charge in [-0.25, -0.2) is 0 Å². The van der Waals surface area contributed by atoms with Gasteiger partial charge in [-0.05, 0) is 53.1 Å². The second kappa shape index (κ2) is 14.3. The molecule has 0 saturated carbocycles. The number of nitro groups is 1. The van der Waals surface area contributed by atoms with Crippen molar-refractivity contribution < 1.29 is 42.9 Å². The minimum absolute atomic E-state index is 0.0164. The number of amides is 1. The van der Waals surface area contributed by atoms with Crippen molar-refractivity contribution in [3.05, 3.63) is 69.3 Å². The molecule has 0 fully saturated rings. The topological polar surface area (TPSA) is 137 Å². The molecule has 222 valence electrons. The number of hydrogen-bond donors (Lipinski definition) is 1. The molecule has 0 aliphatic heterocycles. The largest absolute Gasteiger partial charge is 0.493 e. The van der Waals surface area contributed by atoms with Crippen LogP contribution in [0, 0.1) is 10.1 Å². The Balaban J connectivity index is 1.93. The zero-order valence-corrected chi connectivity index (χ0v) is 24.3. The fraction of sp³-hybridized carbons (Fsp3) is 0.233. The lowest BCUT2D eigenvalue weighted by Crippen LogP contribution is -2.09. The number of methoxy groups -OCH3 is 7. The number of carbonyl (C=O) groups is 1. The molecule has 12 heteroatoms. The second-order valence-electron chi connectivity index (χ2n) is 8.45. The maximum Gasteiger partial charge on any atom is 0.315 e. The van der Waals surface area contributed by atoms with E-state index in [0.29, 0.717) is 45.6 Å². The summed E-state index contributed by atoms with van der Waals surface area (Å²) in [5.41, 5.74) is 1.87. The van der Waals surface area contributed by atoms with Crippen LogP contribution in [-0.2, 0) is 4.79 Å². The van der Waals surface area contributed by atoms with Crippen molar-refractivity contribution in [1.82, 2.24) is 0 Å². The van der Waals surface area contributed by atoms with Crippen molar-refractivity contribution in [2.24, 2.45) is 0 Å². The average Bonchev–Trinajstić information content (AvgIpc) is 3.00. The van der Waals surface area contributed by atoms with Gasteiger partial charge in [0.05, 0.1) is 60.4 Å². The predicted octanol–water partition coefficient (Wildman–Crippen LogP) is 5.48. The van der Waals surface area contributed by atoms with Crippen LogP contribution in [0.4, 0.5) is 11.4 Å². The normalized spacial score (nSPS) is 10.8. The summed E-state index contributed by atoms with van der Waals surface area (Å²) >= 11 is 0. The van der Waals surface area contributed by atoms with E-state index in [-0.39, 0.29) is 17.2 Å². The Hall–Kier alpha value is -5.39. The summed E-state index contributed by atoms with van der Waals surface area (Å²) in [4.78, 5) is 23.8. The average molecular weight is 581 g/mol. The Labute approximate surface area is 243 Å². The van der Waals surface area contributed by atoms with Crippen LogP contribution in [0.25, 0.3) is 18.2 Å². The number of nitrogens with one attached hydrogen (secondary N) is 1. The molecule has 0 radical (unpaired) electrons. The Bertz CT molecular complexity index is 1490. The van der Waals surface area contributed by atoms with Crippen LogP contribution in [0.2, 0.25) is 0 Å². The highest BCUT2D eigenvalue weighted by Crippen LogP contribution is 2.40. The summed E-state index contributed by atoms with van der Waals surface area (Å²) < 4.78 is 37.5. The van der Waals surface area contributed by atoms with Gasteiger partial charge >= 0.3 is 5.69 Å². The second-order valence-corrected chi connectivity index (χ2v) is 8.45. The fourth-order valence-electron chi connectivity index (χ4n) is 4.11. The summed E-state index contributed by atoms with van der Waals surface area (Å²) in [6.07, 6.45) is 6.30. The monoisotopic (exact) mass is 580 g/mol. The molecule has 3 aromatic rings. The van der Waals surface area contributed by atoms with Crippen molar-refractivity contribution in [3.63, 3.8) is 0 Å². The van der Waals surface area contributed by atoms with Crippen LogP contribution >= 0.6 is 0 Å². The molecular formula is C30H32N2O10. The Kier molecular flexibility index (Phi) is 10.6. The van der Waals surface area contributed by atoms with Gasteiger partial charge in [0.1, 0.15) is 0 Å². The third-order valence-corrected chi connectivity index (χ3v) is 6.02. The zero-order chi connectivity index (χ0) is 30.8. The summed E-state index contributed by atoms with van der Waals surface area (Å²) in [6, 6.07) is 9.86. The van der Waals surface area contributed by atoms with Gasteiger partial charge in [0.15, 0.2) is 28.7 Å². The maximum atomic E-state index is 12.9. The van der Waals surface area contributed by atoms with Crippen molar-refractivity contribution >= 4 is 35.5 Å². The molecule has 0 atom stereocenters. The first kappa shape index (κ1) is 31.1. The number of benzene rings is 3. The molecule has 3 aromatic carbocycles. The number of carbonyl (C=O) groups excluding carboxylic acids is 1. The third-order valence-electron chi connectivity index (χ3n) is 6.02. The molecule has 1 N–H and O–H groups in total. The van der Waals surface area contributed by atoms with E-state index in [9.17, 15) is 14.9 Å². The number of rotatable bonds is 13. The smallest absolute Gasteiger partial charge is 0.315 e. The maximum absolute atomic E-state index is 12.9. The summed E-state index contributed by atoms with van der Waals surface area (Å²) in [5.74, 6) is 1.81. The first-order valence-corrected chi connectivity index (χ1v) is 12.4. The highest BCUT2D eigenvalue weighted by molar-refractivity contribution is 6.03. The first-order valence-electron chi connectivity index (χ1n) is 12.4. The summed E-state index contributed by atoms with van der Waals surface area (Å²) in [7, 11) is 10.2. The molecule has 0 heterocycles. The van der Waals surface area contributed by atoms with Crippen molar-refractivity contribution in [3.8, 4) is 40.2 Å². The zero-order valence-electron chi connectivity index (χ0n) is 24.3. The first-order chi connectivity index (χ1) is 20.2. The molecule has 42 heavy (non-hydrogen) atoms. The van der Waals surface area contributed by atoms with Gasteiger partial charge in [0.25, 0.3) is 0 Å². The van der Waals surface area contributed by atoms with Crippen molar-refractivity contribution in [2.75, 3.05) is 55.1 Å². The molecule has 1 amide bonds. The molecule has 0 bridgehead atoms. The predicted molar refractivity (Wildman–Crippen MR) is 158 cm³/mol. The van der Waals surface area contributed by atoms with E-state index < -0.39 is 10.8 Å². The molecule has 0 saturated heterocycles. The van der Waals surface area contributed by atoms with Crippen LogP contribution in [0.5, 0.6) is 40.2 Å². The number of ether oxygens (including phenoxy) is 7. The van der Waals surface area contributed by atoms with E-state index in [0.717, 1.165) is 5.56 Å². The molecular weight excluding hydrogens is 548 g/mol. The van der Waals surface area contributed by atoms with Crippen molar-refractivity contribution in [2.45, 2.75) is 0 Å². The number of nitrogens with zero attached hydrogens (tertiary/aromatic N) is 1. The van der Waals surface area contributed by atoms with Gasteiger partial charge in [-0.2, -0.15) is 0 Å². The molecule has 0 spiro atoms. The minimum Gasteiger partial charge on any atom is -0.493 e. The van der Waals surface area contributed by atoms with Crippen LogP contribution < -0.4 is 38.5 Å². The van der Waals surface area contributed by atoms with E-state index in [1.54, 1.807) is 24.3 Å². The summed E-state index contributed by atoms with van der Waals surface area (Å²) in [6.45, 7) is 0. The lowest BCUT2D eigenvalue weighted by atomic mass is 10.1. The van der Waals surface area contributed by atoms with E-state index in [1.165, 1.54) is 74.1 Å². The number of nitro benzene ring substituents is 1. The number of hydrogen-bond acceptors (Lipinski definition) is 10. The van der Waals surface area contributed by atoms with E-state index >= 15 is 0 Å². The van der Waals surface area contributed by atoms with E-state index in [4.69, 9.17) is 33.2 Å². The van der Waals surface area contributed by atoms with Crippen LogP contribution in [0.3, 0.4) is 0 Å². The standard InChI is InChI=1S/C30H32N2O10/c1-36-23-14-18(8-9-20-16-25(38-3)30(42-7)26(17-20)39-4)12-21(28(23)40-5)31-27(33)11-10-19-13-22(32(34)35)29(41-6)24(15-19)37-2/h8-17H,1-7H3,(H,31,33)/b9-8+,11-10+. The lowest BCUT2D eigenvalue weighted by molar-refractivity contribution is -0.385. The Morgan fingerprint density at radius 3 is 1.50 bits per heavy atom. The van der Waals surface area contributed by atoms with E-state index in [2.05, 4.69) is 5.32 Å². The van der Waals surface area contributed by atoms with Gasteiger partial charge in [0, 0.05) is 12.1 Å². The molecule has 0 aliphatic rings. The molecule has 12 nitrogen and oxygen atoms in total. The fourth-order valence-corrected chi connectivity index (χ4v) is 4.11. The van der Waals surface area contributed by atoms with Crippen LogP contribution in [-0.4, -0.2) is 60.6 Å². The van der Waals surface area contributed by atoms with E-state index in [1.807, 2.05) is 12.2 Å². The Morgan fingerprint density at radius 1 is 0.619 bits per heavy atom.